The molecule has 0 saturated carbocycles. The first-order valence-corrected chi connectivity index (χ1v) is 6.52. The molecule has 2 aromatic rings. The predicted octanol–water partition coefficient (Wildman–Crippen LogP) is 4.84. The maximum atomic E-state index is 10.3. The molecule has 88 valence electrons. The van der Waals surface area contributed by atoms with Crippen molar-refractivity contribution in [2.24, 2.45) is 0 Å². The second kappa shape index (κ2) is 5.40. The number of benzene rings is 2. The third kappa shape index (κ3) is 2.66. The minimum absolute atomic E-state index is 0.386. The van der Waals surface area contributed by atoms with Gasteiger partial charge in [-0.1, -0.05) is 69.5 Å². The molecule has 2 rings (SSSR count). The van der Waals surface area contributed by atoms with Gasteiger partial charge in [0.1, 0.15) is 6.10 Å². The molecular weight excluding hydrogens is 323 g/mol. The monoisotopic (exact) mass is 330 g/mol. The van der Waals surface area contributed by atoms with Gasteiger partial charge in [0, 0.05) is 10.0 Å². The zero-order valence-electron chi connectivity index (χ0n) is 8.70. The molecule has 0 bridgehead atoms. The van der Waals surface area contributed by atoms with Gasteiger partial charge in [0.2, 0.25) is 0 Å². The fraction of sp³-hybridized carbons (Fsp3) is 0.0769. The normalized spacial score (nSPS) is 12.5. The summed E-state index contributed by atoms with van der Waals surface area (Å²) in [5, 5.41) is 11.1. The van der Waals surface area contributed by atoms with Gasteiger partial charge in [-0.2, -0.15) is 0 Å². The van der Waals surface area contributed by atoms with Crippen LogP contribution in [0.4, 0.5) is 0 Å². The highest BCUT2D eigenvalue weighted by Gasteiger charge is 2.17. The maximum absolute atomic E-state index is 10.3. The summed E-state index contributed by atoms with van der Waals surface area (Å²) in [6.45, 7) is 0. The van der Waals surface area contributed by atoms with Crippen LogP contribution in [0.3, 0.4) is 0 Å². The van der Waals surface area contributed by atoms with Crippen LogP contribution < -0.4 is 0 Å². The van der Waals surface area contributed by atoms with Gasteiger partial charge in [0.25, 0.3) is 0 Å². The Labute approximate surface area is 118 Å². The van der Waals surface area contributed by atoms with Crippen molar-refractivity contribution < 1.29 is 5.11 Å². The molecule has 1 atom stereocenters. The van der Waals surface area contributed by atoms with E-state index in [2.05, 4.69) is 15.9 Å². The van der Waals surface area contributed by atoms with Crippen molar-refractivity contribution in [3.63, 3.8) is 0 Å². The average Bonchev–Trinajstić information content (AvgIpc) is 2.32. The summed E-state index contributed by atoms with van der Waals surface area (Å²) in [4.78, 5) is 0. The van der Waals surface area contributed by atoms with E-state index in [9.17, 15) is 5.11 Å². The molecule has 1 unspecified atom stereocenters. The largest absolute Gasteiger partial charge is 0.384 e. The molecule has 0 amide bonds. The number of aliphatic hydroxyl groups excluding tert-OH is 1. The molecule has 0 aliphatic heterocycles. The van der Waals surface area contributed by atoms with Gasteiger partial charge in [0.05, 0.1) is 10.0 Å². The zero-order chi connectivity index (χ0) is 12.4. The molecule has 0 fully saturated rings. The number of rotatable bonds is 2. The number of hydrogen-bond acceptors (Lipinski definition) is 1. The summed E-state index contributed by atoms with van der Waals surface area (Å²) in [7, 11) is 0. The average molecular weight is 332 g/mol. The summed E-state index contributed by atoms with van der Waals surface area (Å²) in [5.41, 5.74) is 1.36. The Bertz CT molecular complexity index is 543. The molecule has 0 spiro atoms. The Morgan fingerprint density at radius 1 is 0.941 bits per heavy atom. The smallest absolute Gasteiger partial charge is 0.107 e. The topological polar surface area (TPSA) is 20.2 Å². The molecule has 4 heteroatoms. The van der Waals surface area contributed by atoms with Gasteiger partial charge >= 0.3 is 0 Å². The Kier molecular flexibility index (Phi) is 4.10. The van der Waals surface area contributed by atoms with Crippen molar-refractivity contribution in [2.45, 2.75) is 6.10 Å². The SMILES string of the molecule is OC(c1ccccc1Br)c1cccc(Cl)c1Cl. The summed E-state index contributed by atoms with van der Waals surface area (Å²) in [5.74, 6) is 0. The third-order valence-corrected chi connectivity index (χ3v) is 4.03. The predicted molar refractivity (Wildman–Crippen MR) is 74.7 cm³/mol. The molecule has 0 saturated heterocycles. The van der Waals surface area contributed by atoms with E-state index in [-0.39, 0.29) is 0 Å². The molecular formula is C13H9BrCl2O. The van der Waals surface area contributed by atoms with E-state index in [0.717, 1.165) is 10.0 Å². The molecule has 17 heavy (non-hydrogen) atoms. The highest BCUT2D eigenvalue weighted by Crippen LogP contribution is 2.35. The van der Waals surface area contributed by atoms with Crippen LogP contribution in [0, 0.1) is 0 Å². The van der Waals surface area contributed by atoms with E-state index in [1.165, 1.54) is 0 Å². The van der Waals surface area contributed by atoms with E-state index >= 15 is 0 Å². The first kappa shape index (κ1) is 12.9. The van der Waals surface area contributed by atoms with Crippen molar-refractivity contribution in [2.75, 3.05) is 0 Å². The van der Waals surface area contributed by atoms with E-state index in [1.54, 1.807) is 18.2 Å². The maximum Gasteiger partial charge on any atom is 0.107 e. The Morgan fingerprint density at radius 2 is 1.59 bits per heavy atom. The van der Waals surface area contributed by atoms with Gasteiger partial charge in [0.15, 0.2) is 0 Å². The lowest BCUT2D eigenvalue weighted by molar-refractivity contribution is 0.219. The van der Waals surface area contributed by atoms with Gasteiger partial charge in [-0.3, -0.25) is 0 Å². The van der Waals surface area contributed by atoms with Gasteiger partial charge in [-0.25, -0.2) is 0 Å². The van der Waals surface area contributed by atoms with Crippen LogP contribution in [0.5, 0.6) is 0 Å². The van der Waals surface area contributed by atoms with Crippen LogP contribution in [0.1, 0.15) is 17.2 Å². The van der Waals surface area contributed by atoms with Crippen LogP contribution >= 0.6 is 39.1 Å². The third-order valence-electron chi connectivity index (χ3n) is 2.48. The number of hydrogen-bond donors (Lipinski definition) is 1. The molecule has 1 nitrogen and oxygen atoms in total. The molecule has 0 aromatic heterocycles. The molecule has 0 aliphatic rings. The van der Waals surface area contributed by atoms with E-state index in [1.807, 2.05) is 24.3 Å². The molecule has 1 N–H and O–H groups in total. The number of aliphatic hydroxyl groups is 1. The Hall–Kier alpha value is -0.540. The summed E-state index contributed by atoms with van der Waals surface area (Å²) < 4.78 is 0.837. The number of halogens is 3. The fourth-order valence-electron chi connectivity index (χ4n) is 1.60. The quantitative estimate of drug-likeness (QED) is 0.835. The van der Waals surface area contributed by atoms with E-state index in [4.69, 9.17) is 23.2 Å². The molecule has 0 aliphatic carbocycles. The van der Waals surface area contributed by atoms with Crippen molar-refractivity contribution in [1.82, 2.24) is 0 Å². The van der Waals surface area contributed by atoms with Crippen LogP contribution in [0.2, 0.25) is 10.0 Å². The summed E-state index contributed by atoms with van der Waals surface area (Å²) in [6, 6.07) is 12.7. The Morgan fingerprint density at radius 3 is 2.29 bits per heavy atom. The second-order valence-electron chi connectivity index (χ2n) is 3.57. The first-order valence-electron chi connectivity index (χ1n) is 4.97. The highest BCUT2D eigenvalue weighted by atomic mass is 79.9. The first-order chi connectivity index (χ1) is 8.11. The van der Waals surface area contributed by atoms with Crippen LogP contribution in [-0.2, 0) is 0 Å². The molecule has 0 heterocycles. The van der Waals surface area contributed by atoms with Crippen LogP contribution in [0.25, 0.3) is 0 Å². The second-order valence-corrected chi connectivity index (χ2v) is 5.21. The fourth-order valence-corrected chi connectivity index (χ4v) is 2.51. The lowest BCUT2D eigenvalue weighted by Crippen LogP contribution is -2.01. The summed E-state index contributed by atoms with van der Waals surface area (Å²) >= 11 is 15.4. The minimum atomic E-state index is -0.795. The molecule has 2 aromatic carbocycles. The zero-order valence-corrected chi connectivity index (χ0v) is 11.8. The highest BCUT2D eigenvalue weighted by molar-refractivity contribution is 9.10. The van der Waals surface area contributed by atoms with E-state index in [0.29, 0.717) is 15.6 Å². The minimum Gasteiger partial charge on any atom is -0.384 e. The van der Waals surface area contributed by atoms with Crippen molar-refractivity contribution in [3.05, 3.63) is 68.1 Å². The van der Waals surface area contributed by atoms with Crippen LogP contribution in [0.15, 0.2) is 46.9 Å². The van der Waals surface area contributed by atoms with E-state index < -0.39 is 6.10 Å². The van der Waals surface area contributed by atoms with Crippen molar-refractivity contribution in [1.29, 1.82) is 0 Å². The lowest BCUT2D eigenvalue weighted by Gasteiger charge is -2.15. The molecule has 0 radical (unpaired) electrons. The van der Waals surface area contributed by atoms with Crippen molar-refractivity contribution >= 4 is 39.1 Å². The van der Waals surface area contributed by atoms with Crippen LogP contribution in [-0.4, -0.2) is 5.11 Å². The Balaban J connectivity index is 2.48. The van der Waals surface area contributed by atoms with Gasteiger partial charge in [-0.15, -0.1) is 0 Å². The van der Waals surface area contributed by atoms with Gasteiger partial charge < -0.3 is 5.11 Å². The standard InChI is InChI=1S/C13H9BrCl2O/c14-10-6-2-1-4-8(10)13(17)9-5-3-7-11(15)12(9)16/h1-7,13,17H. The van der Waals surface area contributed by atoms with Gasteiger partial charge in [-0.05, 0) is 17.7 Å². The lowest BCUT2D eigenvalue weighted by atomic mass is 10.0. The van der Waals surface area contributed by atoms with Crippen molar-refractivity contribution in [3.8, 4) is 0 Å². The summed E-state index contributed by atoms with van der Waals surface area (Å²) in [6.07, 6.45) is -0.795.